The van der Waals surface area contributed by atoms with E-state index in [0.29, 0.717) is 16.9 Å². The lowest BCUT2D eigenvalue weighted by atomic mass is 10.2. The lowest BCUT2D eigenvalue weighted by Gasteiger charge is -2.08. The van der Waals surface area contributed by atoms with E-state index < -0.39 is 10.0 Å². The van der Waals surface area contributed by atoms with Crippen LogP contribution in [0.3, 0.4) is 0 Å². The fourth-order valence-electron chi connectivity index (χ4n) is 1.55. The highest BCUT2D eigenvalue weighted by atomic mass is 32.2. The van der Waals surface area contributed by atoms with E-state index >= 15 is 0 Å². The van der Waals surface area contributed by atoms with Crippen LogP contribution in [0.5, 0.6) is 0 Å². The molecule has 6 heteroatoms. The normalized spacial score (nSPS) is 10.7. The molecule has 19 heavy (non-hydrogen) atoms. The van der Waals surface area contributed by atoms with Gasteiger partial charge in [0, 0.05) is 5.69 Å². The number of nitriles is 1. The van der Waals surface area contributed by atoms with E-state index in [-0.39, 0.29) is 4.90 Å². The summed E-state index contributed by atoms with van der Waals surface area (Å²) < 4.78 is 26.6. The molecule has 3 N–H and O–H groups in total. The van der Waals surface area contributed by atoms with Crippen LogP contribution in [-0.4, -0.2) is 8.42 Å². The van der Waals surface area contributed by atoms with Gasteiger partial charge in [0.15, 0.2) is 0 Å². The van der Waals surface area contributed by atoms with Gasteiger partial charge in [-0.2, -0.15) is 5.26 Å². The minimum atomic E-state index is -3.70. The molecule has 0 radical (unpaired) electrons. The molecule has 96 valence electrons. The third-order valence-corrected chi connectivity index (χ3v) is 3.79. The molecule has 0 unspecified atom stereocenters. The zero-order chi connectivity index (χ0) is 13.9. The molecule has 0 bridgehead atoms. The summed E-state index contributed by atoms with van der Waals surface area (Å²) in [7, 11) is -3.70. The summed E-state index contributed by atoms with van der Waals surface area (Å²) in [6.07, 6.45) is 0. The van der Waals surface area contributed by atoms with E-state index in [1.165, 1.54) is 18.2 Å². The van der Waals surface area contributed by atoms with Gasteiger partial charge in [0.25, 0.3) is 10.0 Å². The zero-order valence-electron chi connectivity index (χ0n) is 9.87. The molecule has 0 fully saturated rings. The largest absolute Gasteiger partial charge is 0.399 e. The van der Waals surface area contributed by atoms with Crippen molar-refractivity contribution in [3.05, 3.63) is 54.1 Å². The minimum Gasteiger partial charge on any atom is -0.399 e. The van der Waals surface area contributed by atoms with Gasteiger partial charge in [0.2, 0.25) is 0 Å². The van der Waals surface area contributed by atoms with Crippen molar-refractivity contribution in [2.45, 2.75) is 4.90 Å². The Hall–Kier alpha value is -2.52. The van der Waals surface area contributed by atoms with Gasteiger partial charge in [-0.1, -0.05) is 12.1 Å². The van der Waals surface area contributed by atoms with Crippen molar-refractivity contribution in [1.29, 1.82) is 5.26 Å². The minimum absolute atomic E-state index is 0.0786. The van der Waals surface area contributed by atoms with Gasteiger partial charge < -0.3 is 5.73 Å². The SMILES string of the molecule is N#Cc1cccc(NS(=O)(=O)c2cccc(N)c2)c1. The lowest BCUT2D eigenvalue weighted by Crippen LogP contribution is -2.13. The summed E-state index contributed by atoms with van der Waals surface area (Å²) in [5.41, 5.74) is 6.65. The first-order chi connectivity index (χ1) is 9.01. The quantitative estimate of drug-likeness (QED) is 0.835. The zero-order valence-corrected chi connectivity index (χ0v) is 10.7. The summed E-state index contributed by atoms with van der Waals surface area (Å²) in [5, 5.41) is 8.77. The summed E-state index contributed by atoms with van der Waals surface area (Å²) in [6, 6.07) is 14.2. The number of hydrogen-bond acceptors (Lipinski definition) is 4. The van der Waals surface area contributed by atoms with Gasteiger partial charge in [-0.15, -0.1) is 0 Å². The molecular weight excluding hydrogens is 262 g/mol. The molecule has 0 saturated carbocycles. The predicted octanol–water partition coefficient (Wildman–Crippen LogP) is 1.94. The third kappa shape index (κ3) is 3.03. The Morgan fingerprint density at radius 3 is 2.53 bits per heavy atom. The van der Waals surface area contributed by atoms with E-state index in [2.05, 4.69) is 4.72 Å². The number of nitrogens with two attached hydrogens (primary N) is 1. The van der Waals surface area contributed by atoms with Gasteiger partial charge in [0.05, 0.1) is 22.2 Å². The summed E-state index contributed by atoms with van der Waals surface area (Å²) >= 11 is 0. The van der Waals surface area contributed by atoms with Crippen LogP contribution < -0.4 is 10.5 Å². The summed E-state index contributed by atoms with van der Waals surface area (Å²) in [6.45, 7) is 0. The molecule has 0 aliphatic carbocycles. The topological polar surface area (TPSA) is 96.0 Å². The van der Waals surface area contributed by atoms with Crippen LogP contribution in [0.1, 0.15) is 5.56 Å². The number of anilines is 2. The van der Waals surface area contributed by atoms with Crippen molar-refractivity contribution in [2.75, 3.05) is 10.5 Å². The smallest absolute Gasteiger partial charge is 0.261 e. The third-order valence-electron chi connectivity index (χ3n) is 2.41. The Bertz CT molecular complexity index is 748. The van der Waals surface area contributed by atoms with Crippen LogP contribution in [0.2, 0.25) is 0 Å². The van der Waals surface area contributed by atoms with Crippen molar-refractivity contribution >= 4 is 21.4 Å². The Morgan fingerprint density at radius 2 is 1.84 bits per heavy atom. The van der Waals surface area contributed by atoms with E-state index in [0.717, 1.165) is 0 Å². The Morgan fingerprint density at radius 1 is 1.11 bits per heavy atom. The molecule has 0 heterocycles. The van der Waals surface area contributed by atoms with Crippen LogP contribution in [0, 0.1) is 11.3 Å². The highest BCUT2D eigenvalue weighted by molar-refractivity contribution is 7.92. The second-order valence-corrected chi connectivity index (χ2v) is 5.55. The van der Waals surface area contributed by atoms with Gasteiger partial charge in [-0.05, 0) is 36.4 Å². The first kappa shape index (κ1) is 12.9. The number of sulfonamides is 1. The molecule has 0 saturated heterocycles. The second-order valence-electron chi connectivity index (χ2n) is 3.87. The molecule has 0 aliphatic rings. The maximum Gasteiger partial charge on any atom is 0.261 e. The molecule has 0 atom stereocenters. The molecule has 0 spiro atoms. The van der Waals surface area contributed by atoms with Crippen molar-refractivity contribution in [2.24, 2.45) is 0 Å². The van der Waals surface area contributed by atoms with Crippen molar-refractivity contribution < 1.29 is 8.42 Å². The van der Waals surface area contributed by atoms with Crippen molar-refractivity contribution in [3.63, 3.8) is 0 Å². The molecule has 2 aromatic carbocycles. The van der Waals surface area contributed by atoms with Crippen LogP contribution in [-0.2, 0) is 10.0 Å². The summed E-state index contributed by atoms with van der Waals surface area (Å²) in [5.74, 6) is 0. The molecule has 0 aliphatic heterocycles. The van der Waals surface area contributed by atoms with Gasteiger partial charge in [-0.3, -0.25) is 4.72 Å². The van der Waals surface area contributed by atoms with Crippen molar-refractivity contribution in [1.82, 2.24) is 0 Å². The maximum atomic E-state index is 12.1. The van der Waals surface area contributed by atoms with E-state index in [1.54, 1.807) is 30.3 Å². The van der Waals surface area contributed by atoms with Crippen LogP contribution >= 0.6 is 0 Å². The fourth-order valence-corrected chi connectivity index (χ4v) is 2.65. The van der Waals surface area contributed by atoms with Gasteiger partial charge in [0.1, 0.15) is 0 Å². The molecular formula is C13H11N3O2S. The Balaban J connectivity index is 2.34. The highest BCUT2D eigenvalue weighted by Gasteiger charge is 2.14. The predicted molar refractivity (Wildman–Crippen MR) is 72.8 cm³/mol. The maximum absolute atomic E-state index is 12.1. The molecule has 0 aromatic heterocycles. The average Bonchev–Trinajstić information content (AvgIpc) is 2.38. The number of rotatable bonds is 3. The number of nitrogen functional groups attached to an aromatic ring is 1. The van der Waals surface area contributed by atoms with Crippen LogP contribution in [0.25, 0.3) is 0 Å². The number of hydrogen-bond donors (Lipinski definition) is 2. The lowest BCUT2D eigenvalue weighted by molar-refractivity contribution is 0.601. The Labute approximate surface area is 111 Å². The summed E-state index contributed by atoms with van der Waals surface area (Å²) in [4.78, 5) is 0.0786. The number of nitrogens with one attached hydrogen (secondary N) is 1. The second kappa shape index (κ2) is 5.00. The first-order valence-electron chi connectivity index (χ1n) is 5.40. The van der Waals surface area contributed by atoms with Crippen LogP contribution in [0.4, 0.5) is 11.4 Å². The van der Waals surface area contributed by atoms with Gasteiger partial charge in [-0.25, -0.2) is 8.42 Å². The highest BCUT2D eigenvalue weighted by Crippen LogP contribution is 2.18. The molecule has 5 nitrogen and oxygen atoms in total. The number of benzene rings is 2. The Kier molecular flexibility index (Phi) is 3.40. The van der Waals surface area contributed by atoms with Crippen molar-refractivity contribution in [3.8, 4) is 6.07 Å². The van der Waals surface area contributed by atoms with Crippen LogP contribution in [0.15, 0.2) is 53.4 Å². The van der Waals surface area contributed by atoms with E-state index in [1.807, 2.05) is 6.07 Å². The van der Waals surface area contributed by atoms with E-state index in [9.17, 15) is 8.42 Å². The average molecular weight is 273 g/mol. The monoisotopic (exact) mass is 273 g/mol. The first-order valence-corrected chi connectivity index (χ1v) is 6.88. The van der Waals surface area contributed by atoms with Gasteiger partial charge >= 0.3 is 0 Å². The standard InChI is InChI=1S/C13H11N3O2S/c14-9-10-3-1-5-12(7-10)16-19(17,18)13-6-2-4-11(15)8-13/h1-8,16H,15H2. The number of nitrogens with zero attached hydrogens (tertiary/aromatic N) is 1. The molecule has 0 amide bonds. The molecule has 2 rings (SSSR count). The van der Waals surface area contributed by atoms with E-state index in [4.69, 9.17) is 11.0 Å². The molecule has 2 aromatic rings. The fraction of sp³-hybridized carbons (Fsp3) is 0.